The number of hydrogen-bond donors (Lipinski definition) is 2. The van der Waals surface area contributed by atoms with Crippen LogP contribution in [0.2, 0.25) is 0 Å². The van der Waals surface area contributed by atoms with E-state index in [9.17, 15) is 9.90 Å². The molecule has 0 aromatic rings. The summed E-state index contributed by atoms with van der Waals surface area (Å²) in [6.07, 6.45) is 0.0535. The molecule has 0 radical (unpaired) electrons. The maximum Gasteiger partial charge on any atom is 0.325 e. The van der Waals surface area contributed by atoms with Crippen LogP contribution in [0, 0.1) is 0 Å². The van der Waals surface area contributed by atoms with E-state index in [4.69, 9.17) is 4.74 Å². The fraction of sp³-hybridized carbons (Fsp3) is 0.857. The minimum absolute atomic E-state index is 0.350. The molecule has 0 spiro atoms. The second-order valence-corrected chi connectivity index (χ2v) is 2.54. The molecule has 1 unspecified atom stereocenters. The Balaban J connectivity index is 2.39. The fourth-order valence-corrected chi connectivity index (χ4v) is 1.16. The summed E-state index contributed by atoms with van der Waals surface area (Å²) in [7, 11) is 0. The van der Waals surface area contributed by atoms with E-state index in [0.717, 1.165) is 0 Å². The van der Waals surface area contributed by atoms with Gasteiger partial charge < -0.3 is 15.2 Å². The highest BCUT2D eigenvalue weighted by Gasteiger charge is 2.31. The molecule has 4 heteroatoms. The molecule has 1 aliphatic heterocycles. The lowest BCUT2D eigenvalue weighted by molar-refractivity contribution is -0.147. The normalized spacial score (nSPS) is 30.4. The Hall–Kier alpha value is -0.610. The van der Waals surface area contributed by atoms with Crippen LogP contribution in [0.25, 0.3) is 0 Å². The summed E-state index contributed by atoms with van der Waals surface area (Å²) in [5, 5.41) is 12.1. The Morgan fingerprint density at radius 1 is 1.82 bits per heavy atom. The van der Waals surface area contributed by atoms with Crippen molar-refractivity contribution in [3.63, 3.8) is 0 Å². The van der Waals surface area contributed by atoms with Gasteiger partial charge in [-0.25, -0.2) is 0 Å². The summed E-state index contributed by atoms with van der Waals surface area (Å²) in [4.78, 5) is 11.0. The van der Waals surface area contributed by atoms with Crippen LogP contribution >= 0.6 is 0 Å². The van der Waals surface area contributed by atoms with E-state index in [1.54, 1.807) is 6.92 Å². The van der Waals surface area contributed by atoms with Crippen molar-refractivity contribution in [2.24, 2.45) is 0 Å². The van der Waals surface area contributed by atoms with Crippen molar-refractivity contribution >= 4 is 5.97 Å². The van der Waals surface area contributed by atoms with Gasteiger partial charge in [-0.15, -0.1) is 0 Å². The summed E-state index contributed by atoms with van der Waals surface area (Å²) < 4.78 is 4.73. The third-order valence-electron chi connectivity index (χ3n) is 1.73. The average molecular weight is 159 g/mol. The lowest BCUT2D eigenvalue weighted by Gasteiger charge is -2.12. The first-order chi connectivity index (χ1) is 5.25. The van der Waals surface area contributed by atoms with Crippen LogP contribution in [-0.2, 0) is 9.53 Å². The summed E-state index contributed by atoms with van der Waals surface area (Å²) in [5.74, 6) is -0.350. The van der Waals surface area contributed by atoms with E-state index >= 15 is 0 Å². The molecule has 2 N–H and O–H groups in total. The second-order valence-electron chi connectivity index (χ2n) is 2.54. The van der Waals surface area contributed by atoms with Gasteiger partial charge in [-0.3, -0.25) is 4.79 Å². The molecule has 4 nitrogen and oxygen atoms in total. The van der Waals surface area contributed by atoms with Gasteiger partial charge in [0.15, 0.2) is 0 Å². The topological polar surface area (TPSA) is 58.6 Å². The van der Waals surface area contributed by atoms with E-state index in [-0.39, 0.29) is 5.97 Å². The van der Waals surface area contributed by atoms with Gasteiger partial charge in [0.25, 0.3) is 0 Å². The monoisotopic (exact) mass is 159 g/mol. The first-order valence-corrected chi connectivity index (χ1v) is 3.83. The van der Waals surface area contributed by atoms with Gasteiger partial charge in [-0.2, -0.15) is 0 Å². The molecular weight excluding hydrogens is 146 g/mol. The predicted octanol–water partition coefficient (Wildman–Crippen LogP) is -0.728. The molecule has 1 saturated heterocycles. The van der Waals surface area contributed by atoms with Crippen molar-refractivity contribution in [3.05, 3.63) is 0 Å². The lowest BCUT2D eigenvalue weighted by atomic mass is 10.2. The Morgan fingerprint density at radius 3 is 3.00 bits per heavy atom. The molecule has 0 amide bonds. The molecule has 0 aromatic heterocycles. The summed E-state index contributed by atoms with van der Waals surface area (Å²) in [5.41, 5.74) is 0. The number of aliphatic hydroxyl groups is 1. The highest BCUT2D eigenvalue weighted by molar-refractivity contribution is 5.76. The van der Waals surface area contributed by atoms with E-state index < -0.39 is 12.1 Å². The van der Waals surface area contributed by atoms with Gasteiger partial charge in [0.05, 0.1) is 12.7 Å². The molecule has 2 atom stereocenters. The van der Waals surface area contributed by atoms with Gasteiger partial charge in [0.1, 0.15) is 6.04 Å². The number of nitrogens with one attached hydrogen (secondary N) is 1. The van der Waals surface area contributed by atoms with Gasteiger partial charge in [-0.1, -0.05) is 0 Å². The van der Waals surface area contributed by atoms with E-state index in [0.29, 0.717) is 19.6 Å². The smallest absolute Gasteiger partial charge is 0.325 e. The van der Waals surface area contributed by atoms with E-state index in [1.807, 2.05) is 0 Å². The number of rotatable bonds is 2. The summed E-state index contributed by atoms with van der Waals surface area (Å²) >= 11 is 0. The van der Waals surface area contributed by atoms with Crippen LogP contribution in [0.1, 0.15) is 13.3 Å². The molecule has 0 aliphatic carbocycles. The van der Waals surface area contributed by atoms with Crippen LogP contribution in [0.4, 0.5) is 0 Å². The quantitative estimate of drug-likeness (QED) is 0.522. The molecule has 0 aromatic carbocycles. The largest absolute Gasteiger partial charge is 0.465 e. The van der Waals surface area contributed by atoms with Crippen molar-refractivity contribution in [2.75, 3.05) is 13.2 Å². The van der Waals surface area contributed by atoms with Crippen LogP contribution in [0.15, 0.2) is 0 Å². The van der Waals surface area contributed by atoms with Crippen LogP contribution in [-0.4, -0.2) is 36.4 Å². The Morgan fingerprint density at radius 2 is 2.55 bits per heavy atom. The fourth-order valence-electron chi connectivity index (χ4n) is 1.16. The first-order valence-electron chi connectivity index (χ1n) is 3.83. The van der Waals surface area contributed by atoms with Crippen molar-refractivity contribution in [3.8, 4) is 0 Å². The maximum atomic E-state index is 11.0. The van der Waals surface area contributed by atoms with E-state index in [1.165, 1.54) is 0 Å². The Kier molecular flexibility index (Phi) is 2.84. The molecule has 11 heavy (non-hydrogen) atoms. The van der Waals surface area contributed by atoms with Crippen molar-refractivity contribution in [1.29, 1.82) is 0 Å². The first kappa shape index (κ1) is 8.49. The third kappa shape index (κ3) is 1.91. The summed E-state index contributed by atoms with van der Waals surface area (Å²) in [6, 6.07) is -0.505. The standard InChI is InChI=1S/C7H13NO3/c1-2-11-7(10)6-5(9)3-4-8-6/h5-6,8-9H,2-4H2,1H3/t5?,6-/m1/s1. The molecule has 1 rings (SSSR count). The van der Waals surface area contributed by atoms with Crippen LogP contribution < -0.4 is 5.32 Å². The number of carbonyl (C=O) groups excluding carboxylic acids is 1. The zero-order valence-electron chi connectivity index (χ0n) is 6.54. The number of ether oxygens (including phenoxy) is 1. The number of esters is 1. The van der Waals surface area contributed by atoms with Crippen molar-refractivity contribution in [2.45, 2.75) is 25.5 Å². The third-order valence-corrected chi connectivity index (χ3v) is 1.73. The van der Waals surface area contributed by atoms with Gasteiger partial charge in [0.2, 0.25) is 0 Å². The van der Waals surface area contributed by atoms with Gasteiger partial charge in [0, 0.05) is 0 Å². The number of aliphatic hydroxyl groups excluding tert-OH is 1. The SMILES string of the molecule is CCOC(=O)[C@@H]1NCCC1O. The molecule has 1 aliphatic rings. The van der Waals surface area contributed by atoms with Gasteiger partial charge >= 0.3 is 5.97 Å². The maximum absolute atomic E-state index is 11.0. The second kappa shape index (κ2) is 3.69. The number of carbonyl (C=O) groups is 1. The molecule has 1 fully saturated rings. The minimum Gasteiger partial charge on any atom is -0.465 e. The average Bonchev–Trinajstić information content (AvgIpc) is 2.36. The zero-order chi connectivity index (χ0) is 8.27. The highest BCUT2D eigenvalue weighted by atomic mass is 16.5. The molecule has 0 saturated carbocycles. The van der Waals surface area contributed by atoms with Crippen molar-refractivity contribution < 1.29 is 14.6 Å². The molecule has 64 valence electrons. The predicted molar refractivity (Wildman–Crippen MR) is 39.0 cm³/mol. The molecule has 1 heterocycles. The molecule has 0 bridgehead atoms. The van der Waals surface area contributed by atoms with Crippen LogP contribution in [0.5, 0.6) is 0 Å². The zero-order valence-corrected chi connectivity index (χ0v) is 6.54. The number of hydrogen-bond acceptors (Lipinski definition) is 4. The van der Waals surface area contributed by atoms with Crippen LogP contribution in [0.3, 0.4) is 0 Å². The minimum atomic E-state index is -0.575. The molecular formula is C7H13NO3. The Bertz CT molecular complexity index is 149. The Labute approximate surface area is 65.5 Å². The van der Waals surface area contributed by atoms with Gasteiger partial charge in [-0.05, 0) is 19.9 Å². The van der Waals surface area contributed by atoms with E-state index in [2.05, 4.69) is 5.32 Å². The van der Waals surface area contributed by atoms with Crippen molar-refractivity contribution in [1.82, 2.24) is 5.32 Å². The highest BCUT2D eigenvalue weighted by Crippen LogP contribution is 2.07. The lowest BCUT2D eigenvalue weighted by Crippen LogP contribution is -2.39. The summed E-state index contributed by atoms with van der Waals surface area (Å²) in [6.45, 7) is 2.80.